The third kappa shape index (κ3) is 2.88. The van der Waals surface area contributed by atoms with Crippen LogP contribution >= 0.6 is 0 Å². The van der Waals surface area contributed by atoms with Crippen LogP contribution in [0.15, 0.2) is 31.0 Å². The molecule has 3 heterocycles. The van der Waals surface area contributed by atoms with Gasteiger partial charge in [-0.15, -0.1) is 0 Å². The maximum Gasteiger partial charge on any atom is 0.257 e. The molecule has 0 saturated carbocycles. The molecule has 0 saturated heterocycles. The predicted molar refractivity (Wildman–Crippen MR) is 77.6 cm³/mol. The van der Waals surface area contributed by atoms with E-state index in [0.717, 1.165) is 18.7 Å². The molecule has 3 aromatic heterocycles. The summed E-state index contributed by atoms with van der Waals surface area (Å²) in [5.74, 6) is 1.50. The minimum atomic E-state index is 0.473. The maximum atomic E-state index is 4.43. The van der Waals surface area contributed by atoms with Crippen molar-refractivity contribution in [1.29, 1.82) is 0 Å². The van der Waals surface area contributed by atoms with Gasteiger partial charge in [0.25, 0.3) is 5.95 Å². The molecule has 8 nitrogen and oxygen atoms in total. The molecule has 0 unspecified atom stereocenters. The molecule has 0 amide bonds. The smallest absolute Gasteiger partial charge is 0.257 e. The Morgan fingerprint density at radius 3 is 2.67 bits per heavy atom. The van der Waals surface area contributed by atoms with E-state index in [0.29, 0.717) is 17.8 Å². The third-order valence-electron chi connectivity index (χ3n) is 2.81. The summed E-state index contributed by atoms with van der Waals surface area (Å²) in [7, 11) is 0. The molecule has 21 heavy (non-hydrogen) atoms. The molecule has 0 bridgehead atoms. The Hall–Kier alpha value is -2.77. The van der Waals surface area contributed by atoms with Crippen LogP contribution in [0.4, 0.5) is 5.95 Å². The van der Waals surface area contributed by atoms with Crippen LogP contribution in [0.1, 0.15) is 19.0 Å². The third-order valence-corrected chi connectivity index (χ3v) is 2.81. The first kappa shape index (κ1) is 13.2. The number of aromatic nitrogens is 7. The second-order valence-electron chi connectivity index (χ2n) is 4.56. The number of hydrogen-bond donors (Lipinski definition) is 1. The molecular weight excluding hydrogens is 268 g/mol. The van der Waals surface area contributed by atoms with Crippen molar-refractivity contribution in [2.24, 2.45) is 0 Å². The summed E-state index contributed by atoms with van der Waals surface area (Å²) < 4.78 is 3.37. The Labute approximate surface area is 121 Å². The van der Waals surface area contributed by atoms with E-state index < -0.39 is 0 Å². The maximum absolute atomic E-state index is 4.43. The number of hydrogen-bond acceptors (Lipinski definition) is 6. The van der Waals surface area contributed by atoms with Crippen molar-refractivity contribution in [1.82, 2.24) is 34.3 Å². The molecule has 1 N–H and O–H groups in total. The molecule has 3 aromatic rings. The van der Waals surface area contributed by atoms with Crippen molar-refractivity contribution in [3.8, 4) is 11.9 Å². The van der Waals surface area contributed by atoms with Crippen molar-refractivity contribution in [2.75, 3.05) is 11.9 Å². The summed E-state index contributed by atoms with van der Waals surface area (Å²) in [6, 6.07) is 1.90. The molecule has 0 aliphatic heterocycles. The number of aryl methyl sites for hydroxylation is 1. The number of nitrogens with one attached hydrogen (secondary N) is 1. The first-order valence-electron chi connectivity index (χ1n) is 6.77. The Bertz CT molecular complexity index is 716. The average molecular weight is 284 g/mol. The van der Waals surface area contributed by atoms with Gasteiger partial charge in [-0.1, -0.05) is 6.92 Å². The van der Waals surface area contributed by atoms with E-state index in [1.54, 1.807) is 28.0 Å². The minimum absolute atomic E-state index is 0.473. The van der Waals surface area contributed by atoms with E-state index in [2.05, 4.69) is 37.3 Å². The Balaban J connectivity index is 2.04. The molecule has 0 aliphatic rings. The second-order valence-corrected chi connectivity index (χ2v) is 4.56. The summed E-state index contributed by atoms with van der Waals surface area (Å²) in [4.78, 5) is 17.2. The number of nitrogens with zero attached hydrogens (tertiary/aromatic N) is 7. The van der Waals surface area contributed by atoms with Crippen molar-refractivity contribution in [3.05, 3.63) is 36.7 Å². The number of anilines is 1. The van der Waals surface area contributed by atoms with Gasteiger partial charge in [-0.25, -0.2) is 9.67 Å². The van der Waals surface area contributed by atoms with Crippen LogP contribution in [-0.4, -0.2) is 40.8 Å². The van der Waals surface area contributed by atoms with Crippen LogP contribution in [0.25, 0.3) is 11.9 Å². The highest BCUT2D eigenvalue weighted by Gasteiger charge is 2.10. The standard InChI is InChI=1S/C13H16N8/c1-3-5-15-11-16-12(20-8-6-14-9-20)18-13(17-11)21-7-4-10(2)19-21/h4,6-9H,3,5H2,1-2H3,(H,15,16,17,18). The van der Waals surface area contributed by atoms with Crippen LogP contribution in [0.5, 0.6) is 0 Å². The van der Waals surface area contributed by atoms with Gasteiger partial charge in [0.15, 0.2) is 0 Å². The largest absolute Gasteiger partial charge is 0.354 e. The zero-order valence-electron chi connectivity index (χ0n) is 11.9. The van der Waals surface area contributed by atoms with Gasteiger partial charge < -0.3 is 5.32 Å². The highest BCUT2D eigenvalue weighted by atomic mass is 15.4. The van der Waals surface area contributed by atoms with Crippen LogP contribution in [0.3, 0.4) is 0 Å². The van der Waals surface area contributed by atoms with Crippen molar-refractivity contribution >= 4 is 5.95 Å². The monoisotopic (exact) mass is 284 g/mol. The lowest BCUT2D eigenvalue weighted by atomic mass is 10.5. The first-order chi connectivity index (χ1) is 10.3. The summed E-state index contributed by atoms with van der Waals surface area (Å²) in [5.41, 5.74) is 0.905. The van der Waals surface area contributed by atoms with Gasteiger partial charge in [0.05, 0.1) is 5.69 Å². The number of imidazole rings is 1. The highest BCUT2D eigenvalue weighted by Crippen LogP contribution is 2.09. The summed E-state index contributed by atoms with van der Waals surface area (Å²) in [5, 5.41) is 7.51. The van der Waals surface area contributed by atoms with Gasteiger partial charge in [0, 0.05) is 25.1 Å². The molecule has 3 rings (SSSR count). The van der Waals surface area contributed by atoms with Crippen molar-refractivity contribution < 1.29 is 0 Å². The summed E-state index contributed by atoms with van der Waals surface area (Å²) in [6.07, 6.45) is 7.93. The zero-order chi connectivity index (χ0) is 14.7. The van der Waals surface area contributed by atoms with Gasteiger partial charge in [-0.05, 0) is 19.4 Å². The van der Waals surface area contributed by atoms with Crippen molar-refractivity contribution in [3.63, 3.8) is 0 Å². The van der Waals surface area contributed by atoms with E-state index >= 15 is 0 Å². The topological polar surface area (TPSA) is 86.3 Å². The lowest BCUT2D eigenvalue weighted by molar-refractivity contribution is 0.765. The Morgan fingerprint density at radius 1 is 1.14 bits per heavy atom. The van der Waals surface area contributed by atoms with Crippen LogP contribution in [-0.2, 0) is 0 Å². The lowest BCUT2D eigenvalue weighted by Crippen LogP contribution is -2.13. The quantitative estimate of drug-likeness (QED) is 0.761. The Kier molecular flexibility index (Phi) is 3.59. The van der Waals surface area contributed by atoms with E-state index in [1.165, 1.54) is 0 Å². The summed E-state index contributed by atoms with van der Waals surface area (Å²) in [6.45, 7) is 4.80. The Morgan fingerprint density at radius 2 is 2.00 bits per heavy atom. The molecule has 0 fully saturated rings. The molecule has 0 atom stereocenters. The number of rotatable bonds is 5. The van der Waals surface area contributed by atoms with Crippen LogP contribution in [0, 0.1) is 6.92 Å². The fourth-order valence-electron chi connectivity index (χ4n) is 1.79. The fraction of sp³-hybridized carbons (Fsp3) is 0.308. The molecule has 0 spiro atoms. The molecule has 0 aliphatic carbocycles. The van der Waals surface area contributed by atoms with Gasteiger partial charge in [-0.3, -0.25) is 4.57 Å². The van der Waals surface area contributed by atoms with Crippen LogP contribution in [0.2, 0.25) is 0 Å². The molecule has 0 aromatic carbocycles. The van der Waals surface area contributed by atoms with E-state index in [-0.39, 0.29) is 0 Å². The average Bonchev–Trinajstić information content (AvgIpc) is 3.16. The minimum Gasteiger partial charge on any atom is -0.354 e. The van der Waals surface area contributed by atoms with E-state index in [9.17, 15) is 0 Å². The molecule has 108 valence electrons. The van der Waals surface area contributed by atoms with Crippen molar-refractivity contribution in [2.45, 2.75) is 20.3 Å². The van der Waals surface area contributed by atoms with Gasteiger partial charge >= 0.3 is 0 Å². The van der Waals surface area contributed by atoms with Crippen LogP contribution < -0.4 is 5.32 Å². The van der Waals surface area contributed by atoms with E-state index in [4.69, 9.17) is 0 Å². The molecule has 8 heteroatoms. The second kappa shape index (κ2) is 5.70. The first-order valence-corrected chi connectivity index (χ1v) is 6.77. The summed E-state index contributed by atoms with van der Waals surface area (Å²) >= 11 is 0. The van der Waals surface area contributed by atoms with E-state index in [1.807, 2.05) is 19.2 Å². The molecule has 0 radical (unpaired) electrons. The molecular formula is C13H16N8. The lowest BCUT2D eigenvalue weighted by Gasteiger charge is -2.08. The van der Waals surface area contributed by atoms with Gasteiger partial charge in [-0.2, -0.15) is 20.1 Å². The highest BCUT2D eigenvalue weighted by molar-refractivity contribution is 5.32. The predicted octanol–water partition coefficient (Wildman–Crippen LogP) is 1.37. The zero-order valence-corrected chi connectivity index (χ0v) is 11.9. The normalized spacial score (nSPS) is 10.8. The fourth-order valence-corrected chi connectivity index (χ4v) is 1.79. The SMILES string of the molecule is CCCNc1nc(-n2ccnc2)nc(-n2ccc(C)n2)n1. The van der Waals surface area contributed by atoms with Gasteiger partial charge in [0.1, 0.15) is 6.33 Å². The van der Waals surface area contributed by atoms with Gasteiger partial charge in [0.2, 0.25) is 11.9 Å².